The minimum Gasteiger partial charge on any atom is -0.463 e. The van der Waals surface area contributed by atoms with Gasteiger partial charge in [-0.05, 0) is 13.8 Å². The van der Waals surface area contributed by atoms with Gasteiger partial charge in [-0.2, -0.15) is 26.3 Å². The topological polar surface area (TPSA) is 64.6 Å². The lowest BCUT2D eigenvalue weighted by molar-refractivity contribution is -0.369. The number of cyclic esters (lactones) is 1. The number of nitrogens with one attached hydrogen (secondary N) is 1. The Morgan fingerprint density at radius 3 is 2.10 bits per heavy atom. The maximum atomic E-state index is 12.6. The molecule has 21 heavy (non-hydrogen) atoms. The molecule has 0 aliphatic carbocycles. The molecular formula is C10H11F6NO4. The molecule has 0 amide bonds. The van der Waals surface area contributed by atoms with Crippen LogP contribution in [0.4, 0.5) is 26.3 Å². The van der Waals surface area contributed by atoms with Gasteiger partial charge in [0.15, 0.2) is 0 Å². The van der Waals surface area contributed by atoms with Gasteiger partial charge < -0.3 is 9.47 Å². The zero-order chi connectivity index (χ0) is 16.6. The highest BCUT2D eigenvalue weighted by Gasteiger charge is 2.78. The molecule has 1 atom stereocenters. The van der Waals surface area contributed by atoms with Crippen molar-refractivity contribution in [2.75, 3.05) is 0 Å². The van der Waals surface area contributed by atoms with Gasteiger partial charge in [-0.1, -0.05) is 0 Å². The summed E-state index contributed by atoms with van der Waals surface area (Å²) in [6, 6.07) is -2.10. The second-order valence-corrected chi connectivity index (χ2v) is 4.54. The highest BCUT2D eigenvalue weighted by molar-refractivity contribution is 5.84. The van der Waals surface area contributed by atoms with Crippen molar-refractivity contribution in [2.24, 2.45) is 0 Å². The van der Waals surface area contributed by atoms with E-state index in [1.54, 1.807) is 0 Å². The third-order valence-corrected chi connectivity index (χ3v) is 2.45. The van der Waals surface area contributed by atoms with Gasteiger partial charge in [0.2, 0.25) is 0 Å². The van der Waals surface area contributed by atoms with Crippen LogP contribution in [0.1, 0.15) is 20.3 Å². The third-order valence-electron chi connectivity index (χ3n) is 2.45. The minimum absolute atomic E-state index is 0.634. The van der Waals surface area contributed by atoms with E-state index in [1.165, 1.54) is 13.8 Å². The van der Waals surface area contributed by atoms with Crippen molar-refractivity contribution in [3.8, 4) is 0 Å². The van der Waals surface area contributed by atoms with E-state index in [0.29, 0.717) is 0 Å². The largest absolute Gasteiger partial charge is 0.463 e. The number of carbonyl (C=O) groups excluding carboxylic acids is 2. The Hall–Kier alpha value is -1.52. The summed E-state index contributed by atoms with van der Waals surface area (Å²) in [5.74, 6) is -2.95. The van der Waals surface area contributed by atoms with E-state index >= 15 is 0 Å². The zero-order valence-corrected chi connectivity index (χ0v) is 10.8. The van der Waals surface area contributed by atoms with E-state index in [-0.39, 0.29) is 0 Å². The van der Waals surface area contributed by atoms with Gasteiger partial charge >= 0.3 is 30.0 Å². The lowest BCUT2D eigenvalue weighted by atomic mass is 10.1. The Morgan fingerprint density at radius 2 is 1.76 bits per heavy atom. The number of rotatable bonds is 3. The second-order valence-electron chi connectivity index (χ2n) is 4.54. The first-order valence-corrected chi connectivity index (χ1v) is 5.63. The summed E-state index contributed by atoms with van der Waals surface area (Å²) in [5.41, 5.74) is -4.82. The molecule has 0 radical (unpaired) electrons. The van der Waals surface area contributed by atoms with Crippen LogP contribution in [0.3, 0.4) is 0 Å². The lowest BCUT2D eigenvalue weighted by Crippen LogP contribution is -2.65. The molecular weight excluding hydrogens is 312 g/mol. The average molecular weight is 323 g/mol. The number of esters is 2. The summed E-state index contributed by atoms with van der Waals surface area (Å²) in [7, 11) is 0. The Labute approximate surface area is 114 Å². The molecule has 0 saturated carbocycles. The van der Waals surface area contributed by atoms with E-state index in [2.05, 4.69) is 9.47 Å². The van der Waals surface area contributed by atoms with Crippen molar-refractivity contribution < 1.29 is 45.4 Å². The van der Waals surface area contributed by atoms with Gasteiger partial charge in [0.25, 0.3) is 0 Å². The first-order chi connectivity index (χ1) is 9.30. The van der Waals surface area contributed by atoms with Gasteiger partial charge in [-0.3, -0.25) is 14.9 Å². The van der Waals surface area contributed by atoms with Gasteiger partial charge in [0.1, 0.15) is 6.04 Å². The fraction of sp³-hybridized carbons (Fsp3) is 0.800. The molecule has 1 heterocycles. The quantitative estimate of drug-likeness (QED) is 0.632. The number of hydrogen-bond acceptors (Lipinski definition) is 5. The minimum atomic E-state index is -5.93. The number of carbonyl (C=O) groups is 2. The van der Waals surface area contributed by atoms with Crippen molar-refractivity contribution >= 4 is 11.9 Å². The molecule has 1 fully saturated rings. The van der Waals surface area contributed by atoms with E-state index in [9.17, 15) is 35.9 Å². The molecule has 1 N–H and O–H groups in total. The average Bonchev–Trinajstić information content (AvgIpc) is 2.54. The van der Waals surface area contributed by atoms with Gasteiger partial charge in [0, 0.05) is 0 Å². The van der Waals surface area contributed by atoms with Crippen LogP contribution in [0.5, 0.6) is 0 Å². The number of ether oxygens (including phenoxy) is 2. The molecule has 0 aromatic heterocycles. The standard InChI is InChI=1S/C10H11F6NO4/c1-4(2)20-6(18)3-5-7(19)21-8(17-5,9(11,12)13)10(14,15)16/h4-5,17H,3H2,1-2H3/t5-/m0/s1. The molecule has 0 unspecified atom stereocenters. The highest BCUT2D eigenvalue weighted by Crippen LogP contribution is 2.46. The summed E-state index contributed by atoms with van der Waals surface area (Å²) in [6.45, 7) is 2.85. The fourth-order valence-electron chi connectivity index (χ4n) is 1.61. The van der Waals surface area contributed by atoms with E-state index in [4.69, 9.17) is 0 Å². The normalized spacial score (nSPS) is 22.3. The number of hydrogen-bond donors (Lipinski definition) is 1. The van der Waals surface area contributed by atoms with Crippen LogP contribution >= 0.6 is 0 Å². The van der Waals surface area contributed by atoms with Gasteiger partial charge in [-0.15, -0.1) is 0 Å². The lowest BCUT2D eigenvalue weighted by Gasteiger charge is -2.31. The highest BCUT2D eigenvalue weighted by atomic mass is 19.4. The first-order valence-electron chi connectivity index (χ1n) is 5.63. The van der Waals surface area contributed by atoms with Gasteiger partial charge in [0.05, 0.1) is 12.5 Å². The fourth-order valence-corrected chi connectivity index (χ4v) is 1.61. The zero-order valence-electron chi connectivity index (χ0n) is 10.8. The van der Waals surface area contributed by atoms with Gasteiger partial charge in [-0.25, -0.2) is 0 Å². The summed E-state index contributed by atoms with van der Waals surface area (Å²) >= 11 is 0. The maximum Gasteiger partial charge on any atom is 0.452 e. The predicted molar refractivity (Wildman–Crippen MR) is 53.7 cm³/mol. The smallest absolute Gasteiger partial charge is 0.452 e. The molecule has 122 valence electrons. The Morgan fingerprint density at radius 1 is 1.29 bits per heavy atom. The summed E-state index contributed by atoms with van der Waals surface area (Å²) in [5, 5.41) is 1.02. The van der Waals surface area contributed by atoms with E-state index < -0.39 is 48.6 Å². The first kappa shape index (κ1) is 17.5. The molecule has 1 rings (SSSR count). The molecule has 5 nitrogen and oxygen atoms in total. The molecule has 0 bridgehead atoms. The van der Waals surface area contributed by atoms with Crippen LogP contribution in [0.25, 0.3) is 0 Å². The molecule has 11 heteroatoms. The predicted octanol–water partition coefficient (Wildman–Crippen LogP) is 1.66. The Kier molecular flexibility index (Phi) is 4.47. The van der Waals surface area contributed by atoms with Crippen LogP contribution in [0, 0.1) is 0 Å². The van der Waals surface area contributed by atoms with Crippen LogP contribution < -0.4 is 5.32 Å². The van der Waals surface area contributed by atoms with E-state index in [0.717, 1.165) is 5.32 Å². The van der Waals surface area contributed by atoms with Crippen LogP contribution in [-0.4, -0.2) is 42.2 Å². The van der Waals surface area contributed by atoms with Crippen LogP contribution in [0.2, 0.25) is 0 Å². The summed E-state index contributed by atoms with van der Waals surface area (Å²) in [6.07, 6.45) is -13.5. The van der Waals surface area contributed by atoms with Crippen molar-refractivity contribution in [3.05, 3.63) is 0 Å². The molecule has 0 aromatic rings. The second kappa shape index (κ2) is 5.35. The van der Waals surface area contributed by atoms with E-state index in [1.807, 2.05) is 0 Å². The van der Waals surface area contributed by atoms with Crippen molar-refractivity contribution in [1.82, 2.24) is 5.32 Å². The molecule has 0 spiro atoms. The maximum absolute atomic E-state index is 12.6. The van der Waals surface area contributed by atoms with Crippen molar-refractivity contribution in [2.45, 2.75) is 50.5 Å². The van der Waals surface area contributed by atoms with Crippen LogP contribution in [0.15, 0.2) is 0 Å². The monoisotopic (exact) mass is 323 g/mol. The third kappa shape index (κ3) is 3.39. The van der Waals surface area contributed by atoms with Crippen molar-refractivity contribution in [1.29, 1.82) is 0 Å². The summed E-state index contributed by atoms with van der Waals surface area (Å²) < 4.78 is 83.8. The number of alkyl halides is 6. The number of halogens is 6. The molecule has 0 aromatic carbocycles. The SMILES string of the molecule is CC(C)OC(=O)C[C@@H]1NC(C(F)(F)F)(C(F)(F)F)OC1=O. The Bertz CT molecular complexity index is 416. The molecule has 1 saturated heterocycles. The van der Waals surface area contributed by atoms with Crippen molar-refractivity contribution in [3.63, 3.8) is 0 Å². The Balaban J connectivity index is 2.96. The molecule has 1 aliphatic heterocycles. The summed E-state index contributed by atoms with van der Waals surface area (Å²) in [4.78, 5) is 22.4. The molecule has 1 aliphatic rings. The van der Waals surface area contributed by atoms with Crippen LogP contribution in [-0.2, 0) is 19.1 Å².